The van der Waals surface area contributed by atoms with Crippen molar-refractivity contribution in [3.63, 3.8) is 0 Å². The number of anilines is 1. The lowest BCUT2D eigenvalue weighted by molar-refractivity contribution is -0.153. The summed E-state index contributed by atoms with van der Waals surface area (Å²) in [7, 11) is 4.62. The van der Waals surface area contributed by atoms with Crippen LogP contribution in [0.2, 0.25) is 5.02 Å². The van der Waals surface area contributed by atoms with Crippen LogP contribution in [0.15, 0.2) is 36.4 Å². The molecule has 0 unspecified atom stereocenters. The molecule has 156 valence electrons. The molecule has 7 nitrogen and oxygen atoms in total. The summed E-state index contributed by atoms with van der Waals surface area (Å²) in [5, 5.41) is 3.02. The van der Waals surface area contributed by atoms with Gasteiger partial charge in [0.2, 0.25) is 0 Å². The van der Waals surface area contributed by atoms with E-state index in [1.165, 1.54) is 14.0 Å². The number of benzene rings is 2. The van der Waals surface area contributed by atoms with E-state index in [0.29, 0.717) is 34.4 Å². The van der Waals surface area contributed by atoms with Crippen molar-refractivity contribution in [2.75, 3.05) is 26.6 Å². The number of rotatable bonds is 9. The van der Waals surface area contributed by atoms with Crippen molar-refractivity contribution in [2.24, 2.45) is 0 Å². The number of methoxy groups -OCH3 is 3. The van der Waals surface area contributed by atoms with Crippen LogP contribution in [0.1, 0.15) is 18.9 Å². The summed E-state index contributed by atoms with van der Waals surface area (Å²) in [6, 6.07) is 10.2. The van der Waals surface area contributed by atoms with Crippen molar-refractivity contribution in [1.29, 1.82) is 0 Å². The summed E-state index contributed by atoms with van der Waals surface area (Å²) >= 11 is 6.04. The largest absolute Gasteiger partial charge is 0.497 e. The molecule has 8 heteroatoms. The Hall–Kier alpha value is -2.93. The Morgan fingerprint density at radius 2 is 1.66 bits per heavy atom. The zero-order valence-electron chi connectivity index (χ0n) is 16.8. The van der Waals surface area contributed by atoms with E-state index in [9.17, 15) is 9.59 Å². The molecule has 0 radical (unpaired) electrons. The van der Waals surface area contributed by atoms with E-state index in [0.717, 1.165) is 5.56 Å². The normalized spacial score (nSPS) is 11.3. The fourth-order valence-corrected chi connectivity index (χ4v) is 2.81. The van der Waals surface area contributed by atoms with Crippen LogP contribution >= 0.6 is 11.6 Å². The van der Waals surface area contributed by atoms with E-state index in [-0.39, 0.29) is 6.42 Å². The van der Waals surface area contributed by atoms with Gasteiger partial charge in [-0.2, -0.15) is 0 Å². The fraction of sp³-hybridized carbons (Fsp3) is 0.333. The highest BCUT2D eigenvalue weighted by atomic mass is 35.5. The average molecular weight is 422 g/mol. The molecule has 0 aliphatic carbocycles. The van der Waals surface area contributed by atoms with Crippen LogP contribution in [-0.2, 0) is 20.7 Å². The molecule has 0 aromatic heterocycles. The lowest BCUT2D eigenvalue weighted by Gasteiger charge is -2.14. The quantitative estimate of drug-likeness (QED) is 0.619. The molecule has 1 amide bonds. The van der Waals surface area contributed by atoms with Crippen LogP contribution in [0.3, 0.4) is 0 Å². The summed E-state index contributed by atoms with van der Waals surface area (Å²) in [5.41, 5.74) is 1.34. The van der Waals surface area contributed by atoms with Crippen molar-refractivity contribution < 1.29 is 28.5 Å². The maximum atomic E-state index is 12.3. The van der Waals surface area contributed by atoms with Gasteiger partial charge in [-0.3, -0.25) is 9.59 Å². The molecule has 1 atom stereocenters. The molecule has 0 aliphatic heterocycles. The summed E-state index contributed by atoms with van der Waals surface area (Å²) in [6.45, 7) is 1.51. The van der Waals surface area contributed by atoms with Crippen molar-refractivity contribution >= 4 is 29.2 Å². The van der Waals surface area contributed by atoms with Gasteiger partial charge in [0.25, 0.3) is 5.91 Å². The molecule has 0 spiro atoms. The van der Waals surface area contributed by atoms with E-state index in [2.05, 4.69) is 5.32 Å². The predicted octanol–water partition coefficient (Wildman–Crippen LogP) is 3.87. The summed E-state index contributed by atoms with van der Waals surface area (Å²) in [4.78, 5) is 24.4. The second-order valence-electron chi connectivity index (χ2n) is 6.19. The minimum Gasteiger partial charge on any atom is -0.497 e. The van der Waals surface area contributed by atoms with Gasteiger partial charge in [0.05, 0.1) is 26.4 Å². The van der Waals surface area contributed by atoms with Crippen LogP contribution in [0, 0.1) is 0 Å². The third-order valence-corrected chi connectivity index (χ3v) is 4.42. The van der Waals surface area contributed by atoms with E-state index < -0.39 is 18.0 Å². The summed E-state index contributed by atoms with van der Waals surface area (Å²) in [5.74, 6) is 0.834. The third-order valence-electron chi connectivity index (χ3n) is 4.13. The van der Waals surface area contributed by atoms with E-state index in [4.69, 9.17) is 30.5 Å². The Labute approximate surface area is 174 Å². The Morgan fingerprint density at radius 1 is 1.00 bits per heavy atom. The maximum Gasteiger partial charge on any atom is 0.306 e. The zero-order chi connectivity index (χ0) is 21.4. The summed E-state index contributed by atoms with van der Waals surface area (Å²) < 4.78 is 20.7. The Kier molecular flexibility index (Phi) is 8.15. The lowest BCUT2D eigenvalue weighted by atomic mass is 10.1. The standard InChI is InChI=1S/C21H24ClNO6/c1-13(21(25)23-15-6-7-19(28-4)18(22)11-15)29-20(24)8-5-14-9-16(26-2)12-17(10-14)27-3/h6-7,9-13H,5,8H2,1-4H3,(H,23,25)/t13-/m1/s1. The second kappa shape index (κ2) is 10.6. The number of ether oxygens (including phenoxy) is 4. The number of nitrogens with one attached hydrogen (secondary N) is 1. The monoisotopic (exact) mass is 421 g/mol. The van der Waals surface area contributed by atoms with Crippen molar-refractivity contribution in [2.45, 2.75) is 25.9 Å². The molecule has 2 aromatic rings. The van der Waals surface area contributed by atoms with Gasteiger partial charge < -0.3 is 24.3 Å². The molecule has 0 aliphatic rings. The lowest BCUT2D eigenvalue weighted by Crippen LogP contribution is -2.30. The molecular formula is C21H24ClNO6. The molecule has 1 N–H and O–H groups in total. The number of aryl methyl sites for hydroxylation is 1. The first-order valence-electron chi connectivity index (χ1n) is 8.92. The number of halogens is 1. The molecule has 2 aromatic carbocycles. The molecule has 29 heavy (non-hydrogen) atoms. The van der Waals surface area contributed by atoms with Gasteiger partial charge in [-0.15, -0.1) is 0 Å². The van der Waals surface area contributed by atoms with E-state index in [1.807, 2.05) is 12.1 Å². The maximum absolute atomic E-state index is 12.3. The summed E-state index contributed by atoms with van der Waals surface area (Å²) in [6.07, 6.45) is -0.417. The van der Waals surface area contributed by atoms with Crippen LogP contribution < -0.4 is 19.5 Å². The van der Waals surface area contributed by atoms with Crippen molar-refractivity contribution in [3.05, 3.63) is 47.0 Å². The van der Waals surface area contributed by atoms with Gasteiger partial charge in [-0.1, -0.05) is 11.6 Å². The number of hydrogen-bond acceptors (Lipinski definition) is 6. The number of carbonyl (C=O) groups is 2. The Balaban J connectivity index is 1.88. The molecule has 2 rings (SSSR count). The molecule has 0 bridgehead atoms. The van der Waals surface area contributed by atoms with Gasteiger partial charge in [-0.25, -0.2) is 0 Å². The highest BCUT2D eigenvalue weighted by molar-refractivity contribution is 6.32. The Morgan fingerprint density at radius 3 is 2.21 bits per heavy atom. The number of carbonyl (C=O) groups excluding carboxylic acids is 2. The van der Waals surface area contributed by atoms with Gasteiger partial charge in [0.1, 0.15) is 17.2 Å². The minimum absolute atomic E-state index is 0.113. The topological polar surface area (TPSA) is 83.1 Å². The average Bonchev–Trinajstić information content (AvgIpc) is 2.72. The highest BCUT2D eigenvalue weighted by Crippen LogP contribution is 2.27. The minimum atomic E-state index is -0.955. The predicted molar refractivity (Wildman–Crippen MR) is 110 cm³/mol. The smallest absolute Gasteiger partial charge is 0.306 e. The van der Waals surface area contributed by atoms with Crippen LogP contribution in [0.25, 0.3) is 0 Å². The fourth-order valence-electron chi connectivity index (χ4n) is 2.55. The van der Waals surface area contributed by atoms with Crippen LogP contribution in [0.5, 0.6) is 17.2 Å². The first-order chi connectivity index (χ1) is 13.9. The SMILES string of the molecule is COc1cc(CCC(=O)O[C@H](C)C(=O)Nc2ccc(OC)c(Cl)c2)cc(OC)c1. The highest BCUT2D eigenvalue weighted by Gasteiger charge is 2.18. The van der Waals surface area contributed by atoms with E-state index in [1.54, 1.807) is 38.5 Å². The molecular weight excluding hydrogens is 398 g/mol. The molecule has 0 saturated carbocycles. The molecule has 0 fully saturated rings. The second-order valence-corrected chi connectivity index (χ2v) is 6.60. The molecule has 0 saturated heterocycles. The van der Waals surface area contributed by atoms with Gasteiger partial charge in [0, 0.05) is 18.2 Å². The molecule has 0 heterocycles. The number of esters is 1. The zero-order valence-corrected chi connectivity index (χ0v) is 17.5. The van der Waals surface area contributed by atoms with Gasteiger partial charge in [-0.05, 0) is 49.2 Å². The van der Waals surface area contributed by atoms with Crippen molar-refractivity contribution in [1.82, 2.24) is 0 Å². The Bertz CT molecular complexity index is 848. The van der Waals surface area contributed by atoms with E-state index >= 15 is 0 Å². The van der Waals surface area contributed by atoms with Crippen molar-refractivity contribution in [3.8, 4) is 17.2 Å². The van der Waals surface area contributed by atoms with Gasteiger partial charge in [0.15, 0.2) is 6.10 Å². The van der Waals surface area contributed by atoms with Crippen LogP contribution in [-0.4, -0.2) is 39.3 Å². The van der Waals surface area contributed by atoms with Gasteiger partial charge >= 0.3 is 5.97 Å². The number of amides is 1. The first-order valence-corrected chi connectivity index (χ1v) is 9.30. The number of hydrogen-bond donors (Lipinski definition) is 1. The first kappa shape index (κ1) is 22.4. The third kappa shape index (κ3) is 6.57. The van der Waals surface area contributed by atoms with Crippen LogP contribution in [0.4, 0.5) is 5.69 Å².